The Labute approximate surface area is 143 Å². The topological polar surface area (TPSA) is 65.2 Å². The molecule has 0 aliphatic carbocycles. The lowest BCUT2D eigenvalue weighted by molar-refractivity contribution is 0.389. The zero-order valence-corrected chi connectivity index (χ0v) is 14.2. The summed E-state index contributed by atoms with van der Waals surface area (Å²) >= 11 is 0. The lowest BCUT2D eigenvalue weighted by atomic mass is 10.2. The van der Waals surface area contributed by atoms with Gasteiger partial charge in [0, 0.05) is 16.6 Å². The summed E-state index contributed by atoms with van der Waals surface area (Å²) in [5.74, 6) is 2.32. The summed E-state index contributed by atoms with van der Waals surface area (Å²) in [5.41, 5.74) is 1.93. The van der Waals surface area contributed by atoms with Gasteiger partial charge in [-0.3, -0.25) is 4.21 Å². The lowest BCUT2D eigenvalue weighted by Gasteiger charge is -2.03. The van der Waals surface area contributed by atoms with Crippen LogP contribution >= 0.6 is 0 Å². The second-order valence-electron chi connectivity index (χ2n) is 5.24. The minimum Gasteiger partial charge on any atom is -0.496 e. The number of rotatable bonds is 7. The number of aryl methyl sites for hydroxylation is 1. The fourth-order valence-electron chi connectivity index (χ4n) is 2.34. The number of hydrogen-bond acceptors (Lipinski definition) is 5. The molecule has 0 aliphatic heterocycles. The number of ether oxygens (including phenoxy) is 1. The van der Waals surface area contributed by atoms with Crippen molar-refractivity contribution in [3.8, 4) is 17.1 Å². The van der Waals surface area contributed by atoms with Crippen molar-refractivity contribution in [3.05, 3.63) is 66.1 Å². The third-order valence-corrected chi connectivity index (χ3v) is 4.79. The highest BCUT2D eigenvalue weighted by Crippen LogP contribution is 2.27. The van der Waals surface area contributed by atoms with Gasteiger partial charge in [0.1, 0.15) is 11.5 Å². The summed E-state index contributed by atoms with van der Waals surface area (Å²) in [6.45, 7) is 0. The molecule has 0 saturated heterocycles. The summed E-state index contributed by atoms with van der Waals surface area (Å²) in [6, 6.07) is 17.5. The highest BCUT2D eigenvalue weighted by Gasteiger charge is 2.14. The van der Waals surface area contributed by atoms with Crippen molar-refractivity contribution in [2.45, 2.75) is 12.2 Å². The maximum atomic E-state index is 12.2. The summed E-state index contributed by atoms with van der Waals surface area (Å²) in [7, 11) is 0.547. The van der Waals surface area contributed by atoms with Crippen molar-refractivity contribution >= 4 is 10.8 Å². The van der Waals surface area contributed by atoms with Gasteiger partial charge in [-0.15, -0.1) is 0 Å². The smallest absolute Gasteiger partial charge is 0.239 e. The van der Waals surface area contributed by atoms with Crippen LogP contribution in [0.25, 0.3) is 11.4 Å². The van der Waals surface area contributed by atoms with Gasteiger partial charge in [-0.05, 0) is 24.1 Å². The number of hydrogen-bond donors (Lipinski definition) is 0. The van der Waals surface area contributed by atoms with Crippen LogP contribution in [-0.2, 0) is 23.0 Å². The molecule has 1 heterocycles. The number of aromatic nitrogens is 2. The van der Waals surface area contributed by atoms with Crippen LogP contribution in [0.5, 0.6) is 5.75 Å². The first-order valence-electron chi connectivity index (χ1n) is 7.61. The first kappa shape index (κ1) is 16.4. The summed E-state index contributed by atoms with van der Waals surface area (Å²) in [6.07, 6.45) is 0.765. The molecule has 124 valence electrons. The van der Waals surface area contributed by atoms with Gasteiger partial charge in [-0.2, -0.15) is 4.98 Å². The fourth-order valence-corrected chi connectivity index (χ4v) is 3.34. The van der Waals surface area contributed by atoms with E-state index in [1.807, 2.05) is 54.6 Å². The molecule has 0 N–H and O–H groups in total. The van der Waals surface area contributed by atoms with E-state index in [1.54, 1.807) is 7.11 Å². The lowest BCUT2D eigenvalue weighted by Crippen LogP contribution is -2.04. The minimum absolute atomic E-state index is 0.259. The van der Waals surface area contributed by atoms with Crippen LogP contribution in [-0.4, -0.2) is 27.2 Å². The Morgan fingerprint density at radius 1 is 1.08 bits per heavy atom. The standard InChI is InChI=1S/C18H18N2O3S/c1-22-16-10-6-5-9-15(16)18-19-17(23-20-18)13-24(21)12-11-14-7-3-2-4-8-14/h2-10H,11-13H2,1H3. The molecule has 0 spiro atoms. The van der Waals surface area contributed by atoms with Crippen LogP contribution in [0, 0.1) is 0 Å². The molecule has 1 atom stereocenters. The monoisotopic (exact) mass is 342 g/mol. The Hall–Kier alpha value is -2.47. The Morgan fingerprint density at radius 2 is 1.83 bits per heavy atom. The Kier molecular flexibility index (Phi) is 5.38. The number of nitrogens with zero attached hydrogens (tertiary/aromatic N) is 2. The molecule has 0 saturated carbocycles. The predicted molar refractivity (Wildman–Crippen MR) is 93.1 cm³/mol. The highest BCUT2D eigenvalue weighted by molar-refractivity contribution is 7.84. The number of para-hydroxylation sites is 1. The van der Waals surface area contributed by atoms with E-state index in [4.69, 9.17) is 9.26 Å². The quantitative estimate of drug-likeness (QED) is 0.659. The summed E-state index contributed by atoms with van der Waals surface area (Å²) in [4.78, 5) is 4.33. The van der Waals surface area contributed by atoms with Crippen molar-refractivity contribution in [2.24, 2.45) is 0 Å². The van der Waals surface area contributed by atoms with E-state index in [9.17, 15) is 4.21 Å². The highest BCUT2D eigenvalue weighted by atomic mass is 32.2. The molecular weight excluding hydrogens is 324 g/mol. The van der Waals surface area contributed by atoms with E-state index in [1.165, 1.54) is 5.56 Å². The van der Waals surface area contributed by atoms with Gasteiger partial charge < -0.3 is 9.26 Å². The molecule has 6 heteroatoms. The first-order chi connectivity index (χ1) is 11.8. The second-order valence-corrected chi connectivity index (χ2v) is 6.81. The fraction of sp³-hybridized carbons (Fsp3) is 0.222. The maximum Gasteiger partial charge on any atom is 0.239 e. The van der Waals surface area contributed by atoms with E-state index >= 15 is 0 Å². The molecule has 0 fully saturated rings. The number of benzene rings is 2. The van der Waals surface area contributed by atoms with Gasteiger partial charge >= 0.3 is 0 Å². The largest absolute Gasteiger partial charge is 0.496 e. The van der Waals surface area contributed by atoms with Crippen molar-refractivity contribution in [2.75, 3.05) is 12.9 Å². The van der Waals surface area contributed by atoms with Gasteiger partial charge in [0.2, 0.25) is 11.7 Å². The molecule has 5 nitrogen and oxygen atoms in total. The Morgan fingerprint density at radius 3 is 2.62 bits per heavy atom. The predicted octanol–water partition coefficient (Wildman–Crippen LogP) is 3.24. The minimum atomic E-state index is -1.05. The van der Waals surface area contributed by atoms with Gasteiger partial charge in [0.05, 0.1) is 12.7 Å². The van der Waals surface area contributed by atoms with Gasteiger partial charge in [-0.25, -0.2) is 0 Å². The van der Waals surface area contributed by atoms with Gasteiger partial charge in [0.15, 0.2) is 0 Å². The average Bonchev–Trinajstić information content (AvgIpc) is 3.09. The van der Waals surface area contributed by atoms with Crippen LogP contribution < -0.4 is 4.74 Å². The molecule has 24 heavy (non-hydrogen) atoms. The summed E-state index contributed by atoms with van der Waals surface area (Å²) < 4.78 is 22.7. The van der Waals surface area contributed by atoms with E-state index in [0.29, 0.717) is 23.2 Å². The zero-order chi connectivity index (χ0) is 16.8. The van der Waals surface area contributed by atoms with Crippen molar-refractivity contribution in [1.29, 1.82) is 0 Å². The molecule has 1 aromatic heterocycles. The maximum absolute atomic E-state index is 12.2. The normalized spacial score (nSPS) is 12.0. The zero-order valence-electron chi connectivity index (χ0n) is 13.3. The van der Waals surface area contributed by atoms with Crippen molar-refractivity contribution in [1.82, 2.24) is 10.1 Å². The van der Waals surface area contributed by atoms with E-state index in [0.717, 1.165) is 12.0 Å². The molecule has 0 aliphatic rings. The van der Waals surface area contributed by atoms with Crippen LogP contribution in [0.3, 0.4) is 0 Å². The molecule has 0 bridgehead atoms. The molecule has 2 aromatic carbocycles. The molecule has 0 radical (unpaired) electrons. The molecule has 3 aromatic rings. The van der Waals surface area contributed by atoms with Gasteiger partial charge in [0.25, 0.3) is 0 Å². The Bertz CT molecular complexity index is 818. The molecule has 1 unspecified atom stereocenters. The van der Waals surface area contributed by atoms with Crippen LogP contribution in [0.4, 0.5) is 0 Å². The molecular formula is C18H18N2O3S. The van der Waals surface area contributed by atoms with Crippen LogP contribution in [0.1, 0.15) is 11.5 Å². The van der Waals surface area contributed by atoms with Crippen molar-refractivity contribution < 1.29 is 13.5 Å². The van der Waals surface area contributed by atoms with E-state index in [2.05, 4.69) is 10.1 Å². The van der Waals surface area contributed by atoms with Crippen molar-refractivity contribution in [3.63, 3.8) is 0 Å². The van der Waals surface area contributed by atoms with Crippen LogP contribution in [0.2, 0.25) is 0 Å². The number of methoxy groups -OCH3 is 1. The summed E-state index contributed by atoms with van der Waals surface area (Å²) in [5, 5.41) is 3.97. The van der Waals surface area contributed by atoms with E-state index in [-0.39, 0.29) is 5.75 Å². The Balaban J connectivity index is 1.62. The van der Waals surface area contributed by atoms with Crippen LogP contribution in [0.15, 0.2) is 59.1 Å². The molecule has 3 rings (SSSR count). The SMILES string of the molecule is COc1ccccc1-c1noc(CS(=O)CCc2ccccc2)n1. The first-order valence-corrected chi connectivity index (χ1v) is 9.10. The van der Waals surface area contributed by atoms with E-state index < -0.39 is 10.8 Å². The van der Waals surface area contributed by atoms with Gasteiger partial charge in [-0.1, -0.05) is 47.6 Å². The molecule has 0 amide bonds. The average molecular weight is 342 g/mol. The third kappa shape index (κ3) is 4.08. The third-order valence-electron chi connectivity index (χ3n) is 3.56. The second kappa shape index (κ2) is 7.88.